The average molecular weight is 370 g/mol. The van der Waals surface area contributed by atoms with Crippen LogP contribution in [0.25, 0.3) is 5.70 Å². The highest BCUT2D eigenvalue weighted by molar-refractivity contribution is 5.72. The van der Waals surface area contributed by atoms with Crippen molar-refractivity contribution < 1.29 is 13.5 Å². The van der Waals surface area contributed by atoms with Gasteiger partial charge in [0, 0.05) is 30.4 Å². The van der Waals surface area contributed by atoms with Crippen molar-refractivity contribution in [2.24, 2.45) is 5.10 Å². The summed E-state index contributed by atoms with van der Waals surface area (Å²) in [6, 6.07) is 3.60. The summed E-state index contributed by atoms with van der Waals surface area (Å²) in [5.41, 5.74) is 3.44. The zero-order valence-electron chi connectivity index (χ0n) is 14.8. The summed E-state index contributed by atoms with van der Waals surface area (Å²) in [7, 11) is 0. The van der Waals surface area contributed by atoms with E-state index >= 15 is 0 Å². The number of ether oxygens (including phenoxy) is 1. The molecule has 2 aliphatic heterocycles. The zero-order chi connectivity index (χ0) is 19.2. The van der Waals surface area contributed by atoms with Crippen molar-refractivity contribution in [1.82, 2.24) is 15.3 Å². The van der Waals surface area contributed by atoms with Gasteiger partial charge in [0.15, 0.2) is 0 Å². The SMILES string of the molecule is C=C1C=C(C2C=CC(OC(F)F)=CN2)C=C(c2ccncc2)N1/N=C\CC. The monoisotopic (exact) mass is 370 g/mol. The normalized spacial score (nSPS) is 19.7. The van der Waals surface area contributed by atoms with Crippen LogP contribution in [0.1, 0.15) is 18.9 Å². The molecule has 1 N–H and O–H groups in total. The third-order valence-electron chi connectivity index (χ3n) is 3.94. The second kappa shape index (κ2) is 8.44. The second-order valence-corrected chi connectivity index (χ2v) is 5.85. The van der Waals surface area contributed by atoms with Crippen molar-refractivity contribution in [2.75, 3.05) is 0 Å². The zero-order valence-corrected chi connectivity index (χ0v) is 14.8. The Bertz CT molecular complexity index is 841. The maximum atomic E-state index is 12.3. The van der Waals surface area contributed by atoms with E-state index < -0.39 is 6.61 Å². The smallest absolute Gasteiger partial charge is 0.387 e. The summed E-state index contributed by atoms with van der Waals surface area (Å²) in [5, 5.41) is 9.32. The lowest BCUT2D eigenvalue weighted by atomic mass is 9.97. The standard InChI is InChI=1S/C20H20F2N4O/c1-3-8-25-26-14(2)11-16(12-19(26)15-6-9-23-10-7-15)18-5-4-17(13-24-18)27-20(21)22/h4-13,18,20,24H,2-3H2,1H3/b25-8-. The quantitative estimate of drug-likeness (QED) is 0.763. The number of hydrazone groups is 1. The summed E-state index contributed by atoms with van der Waals surface area (Å²) in [6.07, 6.45) is 14.7. The first kappa shape index (κ1) is 18.6. The number of hydrogen-bond acceptors (Lipinski definition) is 5. The topological polar surface area (TPSA) is 49.8 Å². The molecule has 140 valence electrons. The summed E-state index contributed by atoms with van der Waals surface area (Å²) >= 11 is 0. The molecule has 1 unspecified atom stereocenters. The van der Waals surface area contributed by atoms with Crippen LogP contribution in [-0.4, -0.2) is 28.9 Å². The van der Waals surface area contributed by atoms with Crippen molar-refractivity contribution >= 4 is 11.9 Å². The maximum absolute atomic E-state index is 12.3. The Labute approximate surface area is 156 Å². The molecule has 1 aromatic heterocycles. The van der Waals surface area contributed by atoms with Gasteiger partial charge in [0.1, 0.15) is 5.76 Å². The van der Waals surface area contributed by atoms with Gasteiger partial charge in [0.05, 0.1) is 17.4 Å². The summed E-state index contributed by atoms with van der Waals surface area (Å²) in [4.78, 5) is 4.06. The Morgan fingerprint density at radius 1 is 1.37 bits per heavy atom. The molecule has 0 aromatic carbocycles. The van der Waals surface area contributed by atoms with Crippen molar-refractivity contribution in [2.45, 2.75) is 26.0 Å². The largest absolute Gasteiger partial charge is 0.433 e. The highest BCUT2D eigenvalue weighted by atomic mass is 19.3. The molecule has 7 heteroatoms. The third-order valence-corrected chi connectivity index (χ3v) is 3.94. The van der Waals surface area contributed by atoms with E-state index in [0.717, 1.165) is 23.3 Å². The molecule has 0 saturated heterocycles. The molecule has 1 aromatic rings. The number of nitrogens with one attached hydrogen (secondary N) is 1. The fraction of sp³-hybridized carbons (Fsp3) is 0.200. The van der Waals surface area contributed by atoms with Gasteiger partial charge in [0.2, 0.25) is 0 Å². The molecule has 0 fully saturated rings. The lowest BCUT2D eigenvalue weighted by Gasteiger charge is -2.30. The first-order valence-corrected chi connectivity index (χ1v) is 8.53. The molecule has 3 rings (SSSR count). The fourth-order valence-corrected chi connectivity index (χ4v) is 2.73. The lowest BCUT2D eigenvalue weighted by Crippen LogP contribution is -2.29. The molecular weight excluding hydrogens is 350 g/mol. The van der Waals surface area contributed by atoms with Gasteiger partial charge < -0.3 is 10.1 Å². The van der Waals surface area contributed by atoms with E-state index in [9.17, 15) is 8.78 Å². The summed E-state index contributed by atoms with van der Waals surface area (Å²) in [6.45, 7) is 3.27. The minimum absolute atomic E-state index is 0.0870. The van der Waals surface area contributed by atoms with E-state index in [4.69, 9.17) is 0 Å². The molecule has 27 heavy (non-hydrogen) atoms. The number of pyridine rings is 1. The number of dihydropyridines is 1. The molecule has 0 spiro atoms. The minimum atomic E-state index is -2.85. The van der Waals surface area contributed by atoms with Crippen LogP contribution >= 0.6 is 0 Å². The molecule has 2 aliphatic rings. The van der Waals surface area contributed by atoms with Gasteiger partial charge >= 0.3 is 6.61 Å². The Morgan fingerprint density at radius 2 is 2.15 bits per heavy atom. The van der Waals surface area contributed by atoms with Crippen LogP contribution in [-0.2, 0) is 4.74 Å². The molecular formula is C20H20F2N4O. The highest BCUT2D eigenvalue weighted by Gasteiger charge is 2.23. The van der Waals surface area contributed by atoms with Crippen molar-refractivity contribution in [1.29, 1.82) is 0 Å². The summed E-state index contributed by atoms with van der Waals surface area (Å²) < 4.78 is 29.0. The molecule has 5 nitrogen and oxygen atoms in total. The molecule has 0 radical (unpaired) electrons. The van der Waals surface area contributed by atoms with Gasteiger partial charge in [0.25, 0.3) is 0 Å². The molecule has 1 atom stereocenters. The predicted octanol–water partition coefficient (Wildman–Crippen LogP) is 4.18. The Morgan fingerprint density at radius 3 is 2.78 bits per heavy atom. The molecule has 3 heterocycles. The van der Waals surface area contributed by atoms with E-state index in [-0.39, 0.29) is 11.8 Å². The lowest BCUT2D eigenvalue weighted by molar-refractivity contribution is -0.0926. The predicted molar refractivity (Wildman–Crippen MR) is 101 cm³/mol. The van der Waals surface area contributed by atoms with Crippen LogP contribution in [0, 0.1) is 0 Å². The van der Waals surface area contributed by atoms with Crippen LogP contribution in [0.15, 0.2) is 83.7 Å². The van der Waals surface area contributed by atoms with Crippen molar-refractivity contribution in [3.8, 4) is 0 Å². The fourth-order valence-electron chi connectivity index (χ4n) is 2.73. The van der Waals surface area contributed by atoms with Gasteiger partial charge in [-0.3, -0.25) is 4.98 Å². The van der Waals surface area contributed by atoms with E-state index in [1.165, 1.54) is 12.3 Å². The molecule has 0 bridgehead atoms. The van der Waals surface area contributed by atoms with Gasteiger partial charge in [-0.25, -0.2) is 5.01 Å². The number of nitrogens with zero attached hydrogens (tertiary/aromatic N) is 3. The van der Waals surface area contributed by atoms with Crippen molar-refractivity contribution in [3.63, 3.8) is 0 Å². The van der Waals surface area contributed by atoms with E-state index in [1.54, 1.807) is 23.5 Å². The minimum Gasteiger partial charge on any atom is -0.433 e. The maximum Gasteiger partial charge on any atom is 0.387 e. The van der Waals surface area contributed by atoms with Crippen LogP contribution in [0.4, 0.5) is 8.78 Å². The number of hydrogen-bond donors (Lipinski definition) is 1. The van der Waals surface area contributed by atoms with Crippen LogP contribution in [0.2, 0.25) is 0 Å². The van der Waals surface area contributed by atoms with Crippen LogP contribution in [0.3, 0.4) is 0 Å². The number of alkyl halides is 2. The van der Waals surface area contributed by atoms with Gasteiger partial charge in [-0.1, -0.05) is 19.6 Å². The van der Waals surface area contributed by atoms with Gasteiger partial charge in [-0.05, 0) is 42.4 Å². The highest BCUT2D eigenvalue weighted by Crippen LogP contribution is 2.31. The van der Waals surface area contributed by atoms with Crippen LogP contribution in [0.5, 0.6) is 0 Å². The number of aromatic nitrogens is 1. The summed E-state index contributed by atoms with van der Waals surface area (Å²) in [5.74, 6) is 0.0870. The molecule has 0 aliphatic carbocycles. The first-order chi connectivity index (χ1) is 13.1. The van der Waals surface area contributed by atoms with E-state index in [2.05, 4.69) is 26.7 Å². The Kier molecular flexibility index (Phi) is 5.80. The number of halogens is 2. The van der Waals surface area contributed by atoms with Gasteiger partial charge in [-0.15, -0.1) is 0 Å². The number of allylic oxidation sites excluding steroid dienone is 2. The molecule has 0 amide bonds. The molecule has 0 saturated carbocycles. The third kappa shape index (κ3) is 4.49. The Balaban J connectivity index is 1.88. The van der Waals surface area contributed by atoms with Crippen molar-refractivity contribution in [3.05, 3.63) is 84.2 Å². The number of rotatable bonds is 6. The first-order valence-electron chi connectivity index (χ1n) is 8.53. The van der Waals surface area contributed by atoms with Crippen LogP contribution < -0.4 is 5.32 Å². The Hall–Kier alpha value is -3.22. The van der Waals surface area contributed by atoms with E-state index in [1.807, 2.05) is 37.4 Å². The van der Waals surface area contributed by atoms with Gasteiger partial charge in [-0.2, -0.15) is 13.9 Å². The second-order valence-electron chi connectivity index (χ2n) is 5.85. The van der Waals surface area contributed by atoms with E-state index in [0.29, 0.717) is 5.70 Å². The average Bonchev–Trinajstić information content (AvgIpc) is 2.67.